The molecule has 0 aromatic carbocycles. The Hall–Kier alpha value is -0.230. The summed E-state index contributed by atoms with van der Waals surface area (Å²) in [5, 5.41) is 5.49. The Kier molecular flexibility index (Phi) is 9.63. The lowest BCUT2D eigenvalue weighted by atomic mass is 10.1. The van der Waals surface area contributed by atoms with E-state index >= 15 is 0 Å². The molecular weight excluding hydrogens is 256 g/mol. The van der Waals surface area contributed by atoms with Gasteiger partial charge in [-0.1, -0.05) is 39.0 Å². The van der Waals surface area contributed by atoms with Crippen LogP contribution in [0, 0.1) is 0 Å². The highest BCUT2D eigenvalue weighted by atomic mass is 32.2. The molecule has 0 aromatic rings. The zero-order valence-corrected chi connectivity index (χ0v) is 12.3. The zero-order valence-electron chi connectivity index (χ0n) is 10.7. The third-order valence-corrected chi connectivity index (χ3v) is 5.21. The summed E-state index contributed by atoms with van der Waals surface area (Å²) in [4.78, 5) is 0. The van der Waals surface area contributed by atoms with Crippen LogP contribution in [0.2, 0.25) is 0 Å². The molecule has 17 heavy (non-hydrogen) atoms. The van der Waals surface area contributed by atoms with Crippen LogP contribution in [0.15, 0.2) is 0 Å². The molecule has 0 amide bonds. The molecule has 0 unspecified atom stereocenters. The molecule has 102 valence electrons. The van der Waals surface area contributed by atoms with Crippen molar-refractivity contribution < 1.29 is 13.8 Å². The lowest BCUT2D eigenvalue weighted by molar-refractivity contribution is -0.110. The van der Waals surface area contributed by atoms with Crippen molar-refractivity contribution >= 4 is 26.8 Å². The molecule has 0 heterocycles. The Morgan fingerprint density at radius 2 is 1.71 bits per heavy atom. The largest absolute Gasteiger partial charge is 0.299 e. The minimum Gasteiger partial charge on any atom is -0.282 e. The van der Waals surface area contributed by atoms with E-state index in [1.807, 2.05) is 0 Å². The van der Waals surface area contributed by atoms with Crippen LogP contribution in [0.5, 0.6) is 0 Å². The summed E-state index contributed by atoms with van der Waals surface area (Å²) in [7, 11) is -2.92. The number of hydrogen-bond acceptors (Lipinski definition) is 3. The molecule has 0 saturated heterocycles. The molecule has 0 aliphatic heterocycles. The van der Waals surface area contributed by atoms with Gasteiger partial charge < -0.3 is 0 Å². The van der Waals surface area contributed by atoms with Gasteiger partial charge in [-0.15, -0.1) is 0 Å². The van der Waals surface area contributed by atoms with E-state index in [1.54, 1.807) is 0 Å². The Morgan fingerprint density at radius 3 is 2.29 bits per heavy atom. The minimum atomic E-state index is -2.92. The van der Waals surface area contributed by atoms with Crippen LogP contribution in [-0.4, -0.2) is 30.8 Å². The van der Waals surface area contributed by atoms with Crippen molar-refractivity contribution in [2.45, 2.75) is 45.4 Å². The highest BCUT2D eigenvalue weighted by Gasteiger charge is 2.11. The summed E-state index contributed by atoms with van der Waals surface area (Å²) in [5.74, 6) is 0.926. The molecule has 4 N–H and O–H groups in total. The van der Waals surface area contributed by atoms with Crippen LogP contribution in [0.3, 0.4) is 0 Å². The van der Waals surface area contributed by atoms with Crippen LogP contribution >= 0.6 is 11.8 Å². The van der Waals surface area contributed by atoms with Gasteiger partial charge in [0.1, 0.15) is 0 Å². The van der Waals surface area contributed by atoms with E-state index in [-0.39, 0.29) is 10.9 Å². The Labute approximate surface area is 109 Å². The Morgan fingerprint density at radius 1 is 1.12 bits per heavy atom. The molecular formula is C11H25N2O2S2+. The number of rotatable bonds is 10. The summed E-state index contributed by atoms with van der Waals surface area (Å²) in [5.41, 5.74) is 5.25. The molecule has 0 bridgehead atoms. The van der Waals surface area contributed by atoms with E-state index in [9.17, 15) is 8.42 Å². The summed E-state index contributed by atoms with van der Waals surface area (Å²) in [6.45, 7) is 2.17. The first kappa shape index (κ1) is 16.8. The smallest absolute Gasteiger partial charge is 0.282 e. The molecule has 0 saturated carbocycles. The first-order valence-corrected chi connectivity index (χ1v) is 8.99. The molecule has 0 radical (unpaired) electrons. The third-order valence-electron chi connectivity index (χ3n) is 2.47. The van der Waals surface area contributed by atoms with Crippen LogP contribution in [0.1, 0.15) is 45.4 Å². The van der Waals surface area contributed by atoms with Crippen molar-refractivity contribution in [2.24, 2.45) is 5.73 Å². The van der Waals surface area contributed by atoms with Crippen LogP contribution in [-0.2, 0) is 9.84 Å². The van der Waals surface area contributed by atoms with Gasteiger partial charge in [-0.05, 0) is 18.2 Å². The van der Waals surface area contributed by atoms with Gasteiger partial charge in [0, 0.05) is 5.75 Å². The van der Waals surface area contributed by atoms with Crippen LogP contribution in [0.25, 0.3) is 0 Å². The molecule has 0 fully saturated rings. The second-order valence-electron chi connectivity index (χ2n) is 4.17. The molecule has 0 rings (SSSR count). The fraction of sp³-hybridized carbons (Fsp3) is 0.909. The van der Waals surface area contributed by atoms with E-state index in [2.05, 4.69) is 6.92 Å². The Bertz CT molecular complexity index is 303. The zero-order chi connectivity index (χ0) is 13.1. The minimum absolute atomic E-state index is 0.171. The average Bonchev–Trinajstić information content (AvgIpc) is 2.22. The normalized spacial score (nSPS) is 11.6. The molecule has 0 spiro atoms. The predicted molar refractivity (Wildman–Crippen MR) is 75.6 cm³/mol. The van der Waals surface area contributed by atoms with E-state index in [0.717, 1.165) is 19.3 Å². The van der Waals surface area contributed by atoms with Crippen molar-refractivity contribution in [1.82, 2.24) is 0 Å². The molecule has 0 atom stereocenters. The first-order chi connectivity index (χ1) is 7.98. The second kappa shape index (κ2) is 9.76. The maximum Gasteiger partial charge on any atom is 0.299 e. The fourth-order valence-corrected chi connectivity index (χ4v) is 3.92. The average molecular weight is 281 g/mol. The monoisotopic (exact) mass is 281 g/mol. The van der Waals surface area contributed by atoms with Crippen molar-refractivity contribution in [2.75, 3.05) is 17.3 Å². The summed E-state index contributed by atoms with van der Waals surface area (Å²) in [6, 6.07) is 0. The topological polar surface area (TPSA) is 85.8 Å². The van der Waals surface area contributed by atoms with E-state index in [4.69, 9.17) is 11.1 Å². The quantitative estimate of drug-likeness (QED) is 0.348. The standard InChI is InChI=1S/C11H24N2O2S2/c1-2-3-4-5-6-7-9-17(14,15)10-8-16-11(12)13/h2-10H2,1H3,(H3,12,13)/p+1. The number of thioether (sulfide) groups is 1. The molecule has 6 heteroatoms. The number of hydrogen-bond donors (Lipinski definition) is 2. The summed E-state index contributed by atoms with van der Waals surface area (Å²) >= 11 is 1.20. The molecule has 0 aliphatic carbocycles. The van der Waals surface area contributed by atoms with Crippen LogP contribution in [0.4, 0.5) is 0 Å². The maximum absolute atomic E-state index is 11.6. The highest BCUT2D eigenvalue weighted by molar-refractivity contribution is 8.14. The summed E-state index contributed by atoms with van der Waals surface area (Å²) in [6.07, 6.45) is 6.60. The van der Waals surface area contributed by atoms with Crippen LogP contribution < -0.4 is 11.1 Å². The van der Waals surface area contributed by atoms with Gasteiger partial charge in [-0.25, -0.2) is 8.42 Å². The van der Waals surface area contributed by atoms with Gasteiger partial charge in [0.15, 0.2) is 9.84 Å². The highest BCUT2D eigenvalue weighted by Crippen LogP contribution is 2.07. The number of unbranched alkanes of at least 4 members (excludes halogenated alkanes) is 5. The van der Waals surface area contributed by atoms with E-state index < -0.39 is 9.84 Å². The van der Waals surface area contributed by atoms with Crippen molar-refractivity contribution in [3.05, 3.63) is 0 Å². The predicted octanol–water partition coefficient (Wildman–Crippen LogP) is 0.569. The number of sulfone groups is 1. The number of amidine groups is 1. The Balaban J connectivity index is 3.54. The van der Waals surface area contributed by atoms with E-state index in [0.29, 0.717) is 11.5 Å². The van der Waals surface area contributed by atoms with Crippen molar-refractivity contribution in [3.63, 3.8) is 0 Å². The van der Waals surface area contributed by atoms with E-state index in [1.165, 1.54) is 31.0 Å². The van der Waals surface area contributed by atoms with Gasteiger partial charge in [0.25, 0.3) is 5.17 Å². The van der Waals surface area contributed by atoms with Crippen molar-refractivity contribution in [3.8, 4) is 0 Å². The fourth-order valence-electron chi connectivity index (χ4n) is 1.49. The van der Waals surface area contributed by atoms with Gasteiger partial charge in [0.2, 0.25) is 0 Å². The second-order valence-corrected chi connectivity index (χ2v) is 7.64. The SMILES string of the molecule is CCCCCCCCS(=O)(=O)CCSC(N)=[NH2+]. The maximum atomic E-state index is 11.6. The molecule has 0 aliphatic rings. The third kappa shape index (κ3) is 12.0. The lowest BCUT2D eigenvalue weighted by Crippen LogP contribution is -2.43. The molecule has 4 nitrogen and oxygen atoms in total. The lowest BCUT2D eigenvalue weighted by Gasteiger charge is -2.03. The van der Waals surface area contributed by atoms with Gasteiger partial charge in [-0.3, -0.25) is 11.1 Å². The van der Waals surface area contributed by atoms with Crippen molar-refractivity contribution in [1.29, 1.82) is 0 Å². The molecule has 0 aromatic heterocycles. The first-order valence-electron chi connectivity index (χ1n) is 6.19. The summed E-state index contributed by atoms with van der Waals surface area (Å²) < 4.78 is 23.2. The van der Waals surface area contributed by atoms with Gasteiger partial charge in [-0.2, -0.15) is 0 Å². The number of nitrogens with two attached hydrogens (primary N) is 2. The van der Waals surface area contributed by atoms with Gasteiger partial charge in [0.05, 0.1) is 11.5 Å². The van der Waals surface area contributed by atoms with Gasteiger partial charge >= 0.3 is 0 Å².